The number of hydrogen-bond donors (Lipinski definition) is 1. The second kappa shape index (κ2) is 10.4. The highest BCUT2D eigenvalue weighted by Gasteiger charge is 2.49. The standard InChI is InChI=1S/C30H21Cl4N5OS/c31-18-5-1-16(2-6-18)26-24(27(40)35-21-10-11-21)25(38-39(26)23-12-9-20(33)15-22(23)34)28-36-37-29(41-28)30(13-14-30)17-3-7-19(32)8-4-17/h1-9,12,15,21H,10-11,13-14H2,(H,35,40). The Morgan fingerprint density at radius 2 is 1.54 bits per heavy atom. The van der Waals surface area contributed by atoms with E-state index in [1.807, 2.05) is 36.4 Å². The molecule has 1 amide bonds. The van der Waals surface area contributed by atoms with Gasteiger partial charge in [0.05, 0.1) is 22.0 Å². The van der Waals surface area contributed by atoms with E-state index >= 15 is 0 Å². The van der Waals surface area contributed by atoms with Gasteiger partial charge in [-0.2, -0.15) is 5.10 Å². The molecule has 2 aromatic heterocycles. The molecule has 3 aromatic carbocycles. The van der Waals surface area contributed by atoms with E-state index in [4.69, 9.17) is 51.5 Å². The number of aromatic nitrogens is 4. The molecule has 2 aliphatic rings. The molecule has 0 atom stereocenters. The van der Waals surface area contributed by atoms with Crippen LogP contribution in [0, 0.1) is 0 Å². The van der Waals surface area contributed by atoms with E-state index in [2.05, 4.69) is 15.5 Å². The lowest BCUT2D eigenvalue weighted by atomic mass is 9.97. The van der Waals surface area contributed by atoms with Gasteiger partial charge >= 0.3 is 0 Å². The van der Waals surface area contributed by atoms with Crippen molar-refractivity contribution in [1.82, 2.24) is 25.3 Å². The highest BCUT2D eigenvalue weighted by molar-refractivity contribution is 7.14. The Morgan fingerprint density at radius 3 is 2.17 bits per heavy atom. The second-order valence-electron chi connectivity index (χ2n) is 10.3. The molecule has 2 heterocycles. The molecule has 2 saturated carbocycles. The summed E-state index contributed by atoms with van der Waals surface area (Å²) >= 11 is 26.7. The third-order valence-corrected chi connectivity index (χ3v) is 9.64. The first-order valence-electron chi connectivity index (χ1n) is 13.1. The van der Waals surface area contributed by atoms with Crippen LogP contribution in [0.3, 0.4) is 0 Å². The van der Waals surface area contributed by atoms with E-state index in [1.165, 1.54) is 11.3 Å². The van der Waals surface area contributed by atoms with Crippen LogP contribution in [0.1, 0.15) is 46.6 Å². The van der Waals surface area contributed by atoms with Crippen molar-refractivity contribution in [2.45, 2.75) is 37.1 Å². The van der Waals surface area contributed by atoms with Crippen LogP contribution in [0.25, 0.3) is 27.6 Å². The predicted octanol–water partition coefficient (Wildman–Crippen LogP) is 8.64. The highest BCUT2D eigenvalue weighted by atomic mass is 35.5. The third kappa shape index (κ3) is 5.04. The molecule has 0 spiro atoms. The van der Waals surface area contributed by atoms with Gasteiger partial charge in [-0.05, 0) is 73.7 Å². The predicted molar refractivity (Wildman–Crippen MR) is 165 cm³/mol. The fraction of sp³-hybridized carbons (Fsp3) is 0.200. The molecule has 5 aromatic rings. The van der Waals surface area contributed by atoms with E-state index in [9.17, 15) is 4.79 Å². The number of nitrogens with one attached hydrogen (secondary N) is 1. The minimum absolute atomic E-state index is 0.139. The zero-order valence-electron chi connectivity index (χ0n) is 21.4. The van der Waals surface area contributed by atoms with Crippen molar-refractivity contribution >= 4 is 63.6 Å². The summed E-state index contributed by atoms with van der Waals surface area (Å²) < 4.78 is 1.69. The quantitative estimate of drug-likeness (QED) is 0.193. The molecule has 7 rings (SSSR count). The van der Waals surface area contributed by atoms with Crippen molar-refractivity contribution in [3.05, 3.63) is 103 Å². The minimum atomic E-state index is -0.223. The third-order valence-electron chi connectivity index (χ3n) is 7.46. The molecule has 0 bridgehead atoms. The average molecular weight is 641 g/mol. The minimum Gasteiger partial charge on any atom is -0.349 e. The molecule has 0 saturated heterocycles. The van der Waals surface area contributed by atoms with Gasteiger partial charge in [-0.25, -0.2) is 4.68 Å². The fourth-order valence-corrected chi connectivity index (χ4v) is 6.85. The summed E-state index contributed by atoms with van der Waals surface area (Å²) in [5.74, 6) is -0.223. The zero-order chi connectivity index (χ0) is 28.3. The van der Waals surface area contributed by atoms with Crippen LogP contribution in [0.5, 0.6) is 0 Å². The molecule has 11 heteroatoms. The van der Waals surface area contributed by atoms with E-state index < -0.39 is 0 Å². The number of carbonyl (C=O) groups excluding carboxylic acids is 1. The Morgan fingerprint density at radius 1 is 0.878 bits per heavy atom. The first-order valence-corrected chi connectivity index (χ1v) is 15.4. The number of benzene rings is 3. The van der Waals surface area contributed by atoms with Crippen LogP contribution >= 0.6 is 57.7 Å². The first kappa shape index (κ1) is 26.9. The summed E-state index contributed by atoms with van der Waals surface area (Å²) in [6.07, 6.45) is 3.81. The summed E-state index contributed by atoms with van der Waals surface area (Å²) in [6.45, 7) is 0. The van der Waals surface area contributed by atoms with Crippen LogP contribution in [-0.4, -0.2) is 31.9 Å². The maximum atomic E-state index is 13.9. The zero-order valence-corrected chi connectivity index (χ0v) is 25.2. The van der Waals surface area contributed by atoms with Crippen molar-refractivity contribution in [2.24, 2.45) is 0 Å². The maximum absolute atomic E-state index is 13.9. The van der Waals surface area contributed by atoms with Crippen LogP contribution in [-0.2, 0) is 5.41 Å². The fourth-order valence-electron chi connectivity index (χ4n) is 5.00. The molecule has 2 fully saturated rings. The van der Waals surface area contributed by atoms with Gasteiger partial charge in [-0.1, -0.05) is 82.0 Å². The number of amides is 1. The van der Waals surface area contributed by atoms with Crippen molar-refractivity contribution < 1.29 is 4.79 Å². The number of nitrogens with zero attached hydrogens (tertiary/aromatic N) is 4. The van der Waals surface area contributed by atoms with E-state index in [-0.39, 0.29) is 17.4 Å². The lowest BCUT2D eigenvalue weighted by Gasteiger charge is -2.12. The van der Waals surface area contributed by atoms with Crippen molar-refractivity contribution in [2.75, 3.05) is 0 Å². The number of rotatable bonds is 7. The van der Waals surface area contributed by atoms with Crippen LogP contribution in [0.15, 0.2) is 66.7 Å². The Bertz CT molecular complexity index is 1790. The maximum Gasteiger partial charge on any atom is 0.256 e. The second-order valence-corrected chi connectivity index (χ2v) is 13.0. The summed E-state index contributed by atoms with van der Waals surface area (Å²) in [7, 11) is 0. The summed E-state index contributed by atoms with van der Waals surface area (Å²) in [6, 6.07) is 20.5. The van der Waals surface area contributed by atoms with Gasteiger partial charge < -0.3 is 5.32 Å². The van der Waals surface area contributed by atoms with E-state index in [1.54, 1.807) is 35.0 Å². The van der Waals surface area contributed by atoms with Gasteiger partial charge in [0.15, 0.2) is 5.01 Å². The molecular formula is C30H21Cl4N5OS. The highest BCUT2D eigenvalue weighted by Crippen LogP contribution is 2.55. The van der Waals surface area contributed by atoms with Crippen molar-refractivity contribution in [1.29, 1.82) is 0 Å². The molecule has 2 aliphatic carbocycles. The largest absolute Gasteiger partial charge is 0.349 e. The molecule has 0 aliphatic heterocycles. The van der Waals surface area contributed by atoms with Gasteiger partial charge in [-0.3, -0.25) is 4.79 Å². The summed E-state index contributed by atoms with van der Waals surface area (Å²) in [5.41, 5.74) is 3.70. The molecule has 0 radical (unpaired) electrons. The Hall–Kier alpha value is -2.94. The van der Waals surface area contributed by atoms with Gasteiger partial charge in [0.1, 0.15) is 10.7 Å². The van der Waals surface area contributed by atoms with Crippen molar-refractivity contribution in [3.8, 4) is 27.6 Å². The first-order chi connectivity index (χ1) is 19.8. The molecule has 41 heavy (non-hydrogen) atoms. The number of carbonyl (C=O) groups is 1. The Labute approximate surface area is 260 Å². The van der Waals surface area contributed by atoms with Crippen LogP contribution < -0.4 is 5.32 Å². The SMILES string of the molecule is O=C(NC1CC1)c1c(-c2nnc(C3(c4ccc(Cl)cc4)CC3)s2)nn(-c2ccc(Cl)cc2Cl)c1-c1ccc(Cl)cc1. The van der Waals surface area contributed by atoms with Gasteiger partial charge in [0, 0.05) is 32.1 Å². The summed E-state index contributed by atoms with van der Waals surface area (Å²) in [4.78, 5) is 13.9. The van der Waals surface area contributed by atoms with Gasteiger partial charge in [0.2, 0.25) is 0 Å². The normalized spacial score (nSPS) is 15.6. The van der Waals surface area contributed by atoms with Gasteiger partial charge in [-0.15, -0.1) is 10.2 Å². The van der Waals surface area contributed by atoms with Gasteiger partial charge in [0.25, 0.3) is 5.91 Å². The smallest absolute Gasteiger partial charge is 0.256 e. The van der Waals surface area contributed by atoms with Crippen LogP contribution in [0.4, 0.5) is 0 Å². The monoisotopic (exact) mass is 639 g/mol. The number of hydrogen-bond acceptors (Lipinski definition) is 5. The lowest BCUT2D eigenvalue weighted by Crippen LogP contribution is -2.26. The molecule has 1 N–H and O–H groups in total. The Kier molecular flexibility index (Phi) is 6.83. The van der Waals surface area contributed by atoms with E-state index in [0.717, 1.165) is 41.8 Å². The molecular weight excluding hydrogens is 620 g/mol. The topological polar surface area (TPSA) is 72.7 Å². The van der Waals surface area contributed by atoms with Crippen molar-refractivity contribution in [3.63, 3.8) is 0 Å². The lowest BCUT2D eigenvalue weighted by molar-refractivity contribution is 0.0952. The Balaban J connectivity index is 1.42. The molecule has 6 nitrogen and oxygen atoms in total. The van der Waals surface area contributed by atoms with Crippen LogP contribution in [0.2, 0.25) is 20.1 Å². The molecule has 206 valence electrons. The average Bonchev–Trinajstić information content (AvgIpc) is 3.86. The number of halogens is 4. The summed E-state index contributed by atoms with van der Waals surface area (Å²) in [5, 5.41) is 20.9. The molecule has 0 unspecified atom stereocenters. The van der Waals surface area contributed by atoms with E-state index in [0.29, 0.717) is 47.7 Å².